The third kappa shape index (κ3) is 4.13. The van der Waals surface area contributed by atoms with Crippen LogP contribution in [0.1, 0.15) is 17.2 Å². The van der Waals surface area contributed by atoms with Gasteiger partial charge in [-0.25, -0.2) is 0 Å². The minimum absolute atomic E-state index is 0.155. The van der Waals surface area contributed by atoms with Crippen LogP contribution in [0.4, 0.5) is 0 Å². The molecule has 3 nitrogen and oxygen atoms in total. The molecule has 0 radical (unpaired) electrons. The zero-order valence-corrected chi connectivity index (χ0v) is 9.21. The highest BCUT2D eigenvalue weighted by Gasteiger charge is 2.11. The maximum absolute atomic E-state index is 10.5. The highest BCUT2D eigenvalue weighted by atomic mass is 32.2. The molecule has 0 heterocycles. The van der Waals surface area contributed by atoms with Gasteiger partial charge in [-0.2, -0.15) is 21.0 Å². The second-order valence-corrected chi connectivity index (χ2v) is 5.20. The van der Waals surface area contributed by atoms with E-state index in [4.69, 9.17) is 4.55 Å². The summed E-state index contributed by atoms with van der Waals surface area (Å²) in [5.41, 5.74) is 0.958. The monoisotopic (exact) mass is 232 g/mol. The van der Waals surface area contributed by atoms with Gasteiger partial charge in [0.25, 0.3) is 10.1 Å². The van der Waals surface area contributed by atoms with Crippen LogP contribution in [0.25, 0.3) is 0 Å². The van der Waals surface area contributed by atoms with Gasteiger partial charge in [-0.15, -0.1) is 0 Å². The van der Waals surface area contributed by atoms with Crippen molar-refractivity contribution in [1.82, 2.24) is 0 Å². The first kappa shape index (κ1) is 11.6. The summed E-state index contributed by atoms with van der Waals surface area (Å²) in [5.74, 6) is -0.254. The Balaban J connectivity index is 2.56. The molecule has 0 fully saturated rings. The Kier molecular flexibility index (Phi) is 3.97. The minimum atomic E-state index is -3.88. The molecule has 0 aliphatic carbocycles. The Bertz CT molecular complexity index is 372. The summed E-state index contributed by atoms with van der Waals surface area (Å²) in [6, 6.07) is 9.37. The molecule has 1 atom stereocenters. The van der Waals surface area contributed by atoms with Gasteiger partial charge in [0.1, 0.15) is 0 Å². The fourth-order valence-corrected chi connectivity index (χ4v) is 2.11. The SMILES string of the molecule is O=S(=O)(O)CCC(S)c1ccccc1. The molecule has 0 amide bonds. The molecule has 1 N–H and O–H groups in total. The molecule has 0 saturated heterocycles. The molecule has 1 unspecified atom stereocenters. The van der Waals surface area contributed by atoms with Crippen LogP contribution in [0.3, 0.4) is 0 Å². The van der Waals surface area contributed by atoms with Gasteiger partial charge in [-0.1, -0.05) is 30.3 Å². The maximum atomic E-state index is 10.5. The number of thiol groups is 1. The fourth-order valence-electron chi connectivity index (χ4n) is 1.10. The van der Waals surface area contributed by atoms with Crippen LogP contribution in [0.15, 0.2) is 30.3 Å². The number of hydrogen-bond donors (Lipinski definition) is 2. The predicted octanol–water partition coefficient (Wildman–Crippen LogP) is 1.94. The lowest BCUT2D eigenvalue weighted by Gasteiger charge is -2.09. The van der Waals surface area contributed by atoms with E-state index in [0.717, 1.165) is 5.56 Å². The van der Waals surface area contributed by atoms with E-state index in [1.165, 1.54) is 0 Å². The zero-order chi connectivity index (χ0) is 10.6. The van der Waals surface area contributed by atoms with Crippen molar-refractivity contribution < 1.29 is 13.0 Å². The summed E-state index contributed by atoms with van der Waals surface area (Å²) in [6.45, 7) is 0. The second-order valence-electron chi connectivity index (χ2n) is 3.00. The van der Waals surface area contributed by atoms with Gasteiger partial charge in [0.05, 0.1) is 5.75 Å². The summed E-state index contributed by atoms with van der Waals surface area (Å²) in [5, 5.41) is -0.155. The van der Waals surface area contributed by atoms with E-state index in [1.54, 1.807) is 0 Å². The van der Waals surface area contributed by atoms with Gasteiger partial charge in [0.2, 0.25) is 0 Å². The highest BCUT2D eigenvalue weighted by Crippen LogP contribution is 2.23. The van der Waals surface area contributed by atoms with Crippen LogP contribution in [-0.4, -0.2) is 18.7 Å². The third-order valence-corrected chi connectivity index (χ3v) is 3.14. The van der Waals surface area contributed by atoms with Gasteiger partial charge < -0.3 is 0 Å². The maximum Gasteiger partial charge on any atom is 0.264 e. The lowest BCUT2D eigenvalue weighted by Crippen LogP contribution is -2.06. The molecule has 0 aliphatic rings. The van der Waals surface area contributed by atoms with Crippen LogP contribution in [0.2, 0.25) is 0 Å². The molecule has 5 heteroatoms. The number of hydrogen-bond acceptors (Lipinski definition) is 3. The van der Waals surface area contributed by atoms with Crippen molar-refractivity contribution in [3.63, 3.8) is 0 Å². The van der Waals surface area contributed by atoms with E-state index in [-0.39, 0.29) is 11.0 Å². The Labute approximate surface area is 89.3 Å². The van der Waals surface area contributed by atoms with Gasteiger partial charge >= 0.3 is 0 Å². The molecule has 0 aliphatic heterocycles. The van der Waals surface area contributed by atoms with Gasteiger partial charge in [-0.05, 0) is 12.0 Å². The van der Waals surface area contributed by atoms with Crippen LogP contribution in [-0.2, 0) is 10.1 Å². The topological polar surface area (TPSA) is 54.4 Å². The Hall–Kier alpha value is -0.520. The molecule has 0 saturated carbocycles. The zero-order valence-electron chi connectivity index (χ0n) is 7.50. The molecule has 0 bridgehead atoms. The van der Waals surface area contributed by atoms with Crippen LogP contribution < -0.4 is 0 Å². The average Bonchev–Trinajstić information content (AvgIpc) is 2.14. The second kappa shape index (κ2) is 4.82. The standard InChI is InChI=1S/C9H12O3S2/c10-14(11,12)7-6-9(13)8-4-2-1-3-5-8/h1-5,9,13H,6-7H2,(H,10,11,12). The summed E-state index contributed by atoms with van der Waals surface area (Å²) >= 11 is 4.26. The van der Waals surface area contributed by atoms with Crippen LogP contribution in [0.5, 0.6) is 0 Å². The van der Waals surface area contributed by atoms with Crippen molar-refractivity contribution >= 4 is 22.7 Å². The normalized spacial score (nSPS) is 13.9. The molecule has 0 aromatic heterocycles. The summed E-state index contributed by atoms with van der Waals surface area (Å²) in [7, 11) is -3.88. The average molecular weight is 232 g/mol. The lowest BCUT2D eigenvalue weighted by atomic mass is 10.1. The first-order valence-electron chi connectivity index (χ1n) is 4.17. The highest BCUT2D eigenvalue weighted by molar-refractivity contribution is 7.85. The van der Waals surface area contributed by atoms with Gasteiger partial charge in [-0.3, -0.25) is 4.55 Å². The quantitative estimate of drug-likeness (QED) is 0.616. The van der Waals surface area contributed by atoms with Crippen molar-refractivity contribution in [2.75, 3.05) is 5.75 Å². The van der Waals surface area contributed by atoms with E-state index < -0.39 is 10.1 Å². The van der Waals surface area contributed by atoms with E-state index in [9.17, 15) is 8.42 Å². The molecular weight excluding hydrogens is 220 g/mol. The summed E-state index contributed by atoms with van der Waals surface area (Å²) < 4.78 is 29.5. The molecule has 0 spiro atoms. The third-order valence-electron chi connectivity index (χ3n) is 1.83. The lowest BCUT2D eigenvalue weighted by molar-refractivity contribution is 0.481. The number of rotatable bonds is 4. The van der Waals surface area contributed by atoms with Crippen molar-refractivity contribution in [3.05, 3.63) is 35.9 Å². The van der Waals surface area contributed by atoms with E-state index in [2.05, 4.69) is 12.6 Å². The molecule has 1 rings (SSSR count). The molecule has 1 aromatic carbocycles. The Morgan fingerprint density at radius 1 is 1.29 bits per heavy atom. The van der Waals surface area contributed by atoms with Gasteiger partial charge in [0, 0.05) is 5.25 Å². The smallest absolute Gasteiger partial charge is 0.264 e. The number of benzene rings is 1. The molecule has 14 heavy (non-hydrogen) atoms. The van der Waals surface area contributed by atoms with E-state index >= 15 is 0 Å². The van der Waals surface area contributed by atoms with Gasteiger partial charge in [0.15, 0.2) is 0 Å². The largest absolute Gasteiger partial charge is 0.286 e. The minimum Gasteiger partial charge on any atom is -0.286 e. The Morgan fingerprint density at radius 3 is 2.36 bits per heavy atom. The van der Waals surface area contributed by atoms with Crippen molar-refractivity contribution in [1.29, 1.82) is 0 Å². The van der Waals surface area contributed by atoms with E-state index in [1.807, 2.05) is 30.3 Å². The van der Waals surface area contributed by atoms with Crippen LogP contribution >= 0.6 is 12.6 Å². The molecular formula is C9H12O3S2. The fraction of sp³-hybridized carbons (Fsp3) is 0.333. The molecule has 1 aromatic rings. The van der Waals surface area contributed by atoms with Crippen molar-refractivity contribution in [3.8, 4) is 0 Å². The first-order valence-corrected chi connectivity index (χ1v) is 6.30. The first-order chi connectivity index (χ1) is 6.49. The summed E-state index contributed by atoms with van der Waals surface area (Å²) in [4.78, 5) is 0. The Morgan fingerprint density at radius 2 is 1.86 bits per heavy atom. The van der Waals surface area contributed by atoms with E-state index in [0.29, 0.717) is 6.42 Å². The van der Waals surface area contributed by atoms with Crippen molar-refractivity contribution in [2.45, 2.75) is 11.7 Å². The molecule has 78 valence electrons. The predicted molar refractivity (Wildman–Crippen MR) is 59.2 cm³/mol. The summed E-state index contributed by atoms with van der Waals surface area (Å²) in [6.07, 6.45) is 0.311. The van der Waals surface area contributed by atoms with Crippen LogP contribution in [0, 0.1) is 0 Å². The van der Waals surface area contributed by atoms with Crippen molar-refractivity contribution in [2.24, 2.45) is 0 Å².